The highest BCUT2D eigenvalue weighted by Gasteiger charge is 2.31. The highest BCUT2D eigenvalue weighted by molar-refractivity contribution is 5.76. The van der Waals surface area contributed by atoms with Crippen LogP contribution in [0.25, 0.3) is 0 Å². The van der Waals surface area contributed by atoms with E-state index < -0.39 is 11.6 Å². The zero-order valence-corrected chi connectivity index (χ0v) is 17.9. The molecule has 1 amide bonds. The van der Waals surface area contributed by atoms with E-state index in [1.807, 2.05) is 18.2 Å². The lowest BCUT2D eigenvalue weighted by atomic mass is 9.87. The Balaban J connectivity index is 1.44. The lowest BCUT2D eigenvalue weighted by Gasteiger charge is -2.37. The van der Waals surface area contributed by atoms with Gasteiger partial charge in [-0.3, -0.25) is 14.7 Å². The number of benzene rings is 1. The topological polar surface area (TPSA) is 45.2 Å². The third-order valence-electron chi connectivity index (χ3n) is 6.68. The van der Waals surface area contributed by atoms with E-state index in [1.165, 1.54) is 25.0 Å². The molecule has 1 N–H and O–H groups in total. The van der Waals surface area contributed by atoms with E-state index in [1.54, 1.807) is 12.3 Å². The van der Waals surface area contributed by atoms with E-state index in [0.29, 0.717) is 18.9 Å². The minimum absolute atomic E-state index is 0.111. The third kappa shape index (κ3) is 5.88. The fourth-order valence-electron chi connectivity index (χ4n) is 5.11. The number of likely N-dealkylation sites (tertiary alicyclic amines) is 1. The first-order chi connectivity index (χ1) is 15.1. The molecule has 31 heavy (non-hydrogen) atoms. The molecule has 1 aliphatic heterocycles. The predicted molar refractivity (Wildman–Crippen MR) is 116 cm³/mol. The zero-order valence-electron chi connectivity index (χ0n) is 17.9. The highest BCUT2D eigenvalue weighted by Crippen LogP contribution is 2.31. The van der Waals surface area contributed by atoms with Gasteiger partial charge in [0.2, 0.25) is 5.91 Å². The van der Waals surface area contributed by atoms with Gasteiger partial charge in [-0.1, -0.05) is 25.0 Å². The molecule has 0 unspecified atom stereocenters. The fraction of sp³-hybridized carbons (Fsp3) is 0.520. The van der Waals surface area contributed by atoms with Crippen LogP contribution < -0.4 is 5.32 Å². The van der Waals surface area contributed by atoms with E-state index in [9.17, 15) is 13.6 Å². The summed E-state index contributed by atoms with van der Waals surface area (Å²) in [7, 11) is 0. The van der Waals surface area contributed by atoms with Gasteiger partial charge >= 0.3 is 0 Å². The monoisotopic (exact) mass is 427 g/mol. The average molecular weight is 428 g/mol. The van der Waals surface area contributed by atoms with Gasteiger partial charge in [-0.2, -0.15) is 0 Å². The fourth-order valence-corrected chi connectivity index (χ4v) is 5.11. The van der Waals surface area contributed by atoms with Crippen LogP contribution in [0.4, 0.5) is 8.78 Å². The molecule has 2 aliphatic rings. The maximum atomic E-state index is 13.6. The molecule has 2 aromatic rings. The van der Waals surface area contributed by atoms with Crippen molar-refractivity contribution in [3.63, 3.8) is 0 Å². The summed E-state index contributed by atoms with van der Waals surface area (Å²) in [5.41, 5.74) is 1.65. The number of nitrogens with zero attached hydrogens (tertiary/aromatic N) is 2. The molecule has 1 aromatic heterocycles. The maximum absolute atomic E-state index is 13.6. The Labute approximate surface area is 183 Å². The van der Waals surface area contributed by atoms with Crippen LogP contribution in [-0.2, 0) is 11.3 Å². The van der Waals surface area contributed by atoms with E-state index in [-0.39, 0.29) is 17.9 Å². The second-order valence-corrected chi connectivity index (χ2v) is 9.04. The van der Waals surface area contributed by atoms with Crippen LogP contribution in [-0.4, -0.2) is 28.9 Å². The Hall–Kier alpha value is -2.34. The summed E-state index contributed by atoms with van der Waals surface area (Å²) in [6, 6.07) is 9.79. The number of amides is 1. The summed E-state index contributed by atoms with van der Waals surface area (Å²) in [4.78, 5) is 19.6. The lowest BCUT2D eigenvalue weighted by Crippen LogP contribution is -2.43. The van der Waals surface area contributed by atoms with Crippen LogP contribution in [0.3, 0.4) is 0 Å². The minimum Gasteiger partial charge on any atom is -0.347 e. The Bertz CT molecular complexity index is 870. The minimum atomic E-state index is -0.819. The summed E-state index contributed by atoms with van der Waals surface area (Å²) in [6.45, 7) is 2.25. The van der Waals surface area contributed by atoms with Crippen molar-refractivity contribution in [1.29, 1.82) is 0 Å². The van der Waals surface area contributed by atoms with Gasteiger partial charge in [0, 0.05) is 25.7 Å². The molecule has 6 heteroatoms. The van der Waals surface area contributed by atoms with Gasteiger partial charge < -0.3 is 5.32 Å². The number of halogens is 2. The number of aromatic nitrogens is 1. The number of carbonyl (C=O) groups excluding carboxylic acids is 1. The Kier molecular flexibility index (Phi) is 7.28. The zero-order chi connectivity index (χ0) is 21.6. The Morgan fingerprint density at radius 3 is 2.68 bits per heavy atom. The summed E-state index contributed by atoms with van der Waals surface area (Å²) in [6.07, 6.45) is 9.10. The van der Waals surface area contributed by atoms with Crippen molar-refractivity contribution < 1.29 is 13.6 Å². The van der Waals surface area contributed by atoms with Gasteiger partial charge in [-0.05, 0) is 73.9 Å². The van der Waals surface area contributed by atoms with E-state index in [2.05, 4.69) is 15.2 Å². The number of nitrogens with one attached hydrogen (secondary N) is 1. The van der Waals surface area contributed by atoms with Crippen LogP contribution in [0, 0.1) is 23.5 Å². The van der Waals surface area contributed by atoms with Crippen LogP contribution >= 0.6 is 0 Å². The number of pyridine rings is 1. The molecule has 166 valence electrons. The molecule has 0 radical (unpaired) electrons. The molecule has 2 atom stereocenters. The van der Waals surface area contributed by atoms with Gasteiger partial charge in [0.1, 0.15) is 0 Å². The van der Waals surface area contributed by atoms with Gasteiger partial charge in [0.25, 0.3) is 0 Å². The number of piperidine rings is 1. The molecule has 0 bridgehead atoms. The first-order valence-corrected chi connectivity index (χ1v) is 11.4. The third-order valence-corrected chi connectivity index (χ3v) is 6.68. The summed E-state index contributed by atoms with van der Waals surface area (Å²) >= 11 is 0. The van der Waals surface area contributed by atoms with Crippen LogP contribution in [0.15, 0.2) is 42.6 Å². The van der Waals surface area contributed by atoms with Crippen LogP contribution in [0.1, 0.15) is 62.2 Å². The van der Waals surface area contributed by atoms with Crippen molar-refractivity contribution in [3.05, 3.63) is 65.5 Å². The standard InChI is InChI=1S/C25H31F2N3O/c26-21-11-10-19(14-22(21)27)16-30-13-5-8-20(17-30)25(23-9-3-4-12-28-23)29-24(31)15-18-6-1-2-7-18/h3-4,9-12,14,18,20,25H,1-2,5-8,13,15-17H2,(H,29,31)/t20-,25+/m1/s1. The predicted octanol–water partition coefficient (Wildman–Crippen LogP) is 5.01. The molecular formula is C25H31F2N3O. The molecule has 2 heterocycles. The largest absolute Gasteiger partial charge is 0.347 e. The second kappa shape index (κ2) is 10.3. The lowest BCUT2D eigenvalue weighted by molar-refractivity contribution is -0.123. The smallest absolute Gasteiger partial charge is 0.220 e. The molecule has 2 fully saturated rings. The van der Waals surface area contributed by atoms with Crippen molar-refractivity contribution in [2.24, 2.45) is 11.8 Å². The normalized spacial score (nSPS) is 21.2. The SMILES string of the molecule is O=C(CC1CCCC1)N[C@H](c1ccccn1)[C@@H]1CCCN(Cc2ccc(F)c(F)c2)C1. The van der Waals surface area contributed by atoms with Gasteiger partial charge in [0.15, 0.2) is 11.6 Å². The van der Waals surface area contributed by atoms with Gasteiger partial charge in [-0.25, -0.2) is 8.78 Å². The molecule has 1 aromatic carbocycles. The Morgan fingerprint density at radius 2 is 1.94 bits per heavy atom. The van der Waals surface area contributed by atoms with Crippen molar-refractivity contribution >= 4 is 5.91 Å². The second-order valence-electron chi connectivity index (χ2n) is 9.04. The summed E-state index contributed by atoms with van der Waals surface area (Å²) < 4.78 is 26.9. The van der Waals surface area contributed by atoms with E-state index in [4.69, 9.17) is 0 Å². The molecular weight excluding hydrogens is 396 g/mol. The molecule has 1 saturated carbocycles. The highest BCUT2D eigenvalue weighted by atomic mass is 19.2. The van der Waals surface area contributed by atoms with E-state index in [0.717, 1.165) is 50.0 Å². The first kappa shape index (κ1) is 21.9. The molecule has 0 spiro atoms. The Morgan fingerprint density at radius 1 is 1.10 bits per heavy atom. The van der Waals surface area contributed by atoms with Crippen LogP contribution in [0.2, 0.25) is 0 Å². The number of hydrogen-bond donors (Lipinski definition) is 1. The average Bonchev–Trinajstić information content (AvgIpc) is 3.28. The van der Waals surface area contributed by atoms with E-state index >= 15 is 0 Å². The quantitative estimate of drug-likeness (QED) is 0.676. The van der Waals surface area contributed by atoms with Crippen molar-refractivity contribution in [2.45, 2.75) is 57.5 Å². The number of carbonyl (C=O) groups is 1. The van der Waals surface area contributed by atoms with Crippen molar-refractivity contribution in [1.82, 2.24) is 15.2 Å². The molecule has 1 saturated heterocycles. The maximum Gasteiger partial charge on any atom is 0.220 e. The number of rotatable bonds is 7. The summed E-state index contributed by atoms with van der Waals surface area (Å²) in [5, 5.41) is 3.29. The van der Waals surface area contributed by atoms with Gasteiger partial charge in [0.05, 0.1) is 11.7 Å². The molecule has 4 nitrogen and oxygen atoms in total. The van der Waals surface area contributed by atoms with Crippen LogP contribution in [0.5, 0.6) is 0 Å². The first-order valence-electron chi connectivity index (χ1n) is 11.4. The van der Waals surface area contributed by atoms with Gasteiger partial charge in [-0.15, -0.1) is 0 Å². The van der Waals surface area contributed by atoms with Crippen molar-refractivity contribution in [3.8, 4) is 0 Å². The van der Waals surface area contributed by atoms with Crippen molar-refractivity contribution in [2.75, 3.05) is 13.1 Å². The molecule has 1 aliphatic carbocycles. The molecule has 4 rings (SSSR count). The summed E-state index contributed by atoms with van der Waals surface area (Å²) in [5.74, 6) is -0.792. The number of hydrogen-bond acceptors (Lipinski definition) is 3.